The third-order valence-electron chi connectivity index (χ3n) is 4.85. The van der Waals surface area contributed by atoms with E-state index in [1.165, 1.54) is 23.9 Å². The molecule has 0 bridgehead atoms. The number of thioether (sulfide) groups is 1. The van der Waals surface area contributed by atoms with Gasteiger partial charge >= 0.3 is 0 Å². The summed E-state index contributed by atoms with van der Waals surface area (Å²) in [5.41, 5.74) is 0.786. The van der Waals surface area contributed by atoms with Gasteiger partial charge in [-0.25, -0.2) is 8.42 Å². The summed E-state index contributed by atoms with van der Waals surface area (Å²) < 4.78 is 27.2. The van der Waals surface area contributed by atoms with Crippen LogP contribution in [0.5, 0.6) is 0 Å². The van der Waals surface area contributed by atoms with E-state index < -0.39 is 9.84 Å². The zero-order chi connectivity index (χ0) is 21.1. The Kier molecular flexibility index (Phi) is 6.57. The maximum atomic E-state index is 12.6. The molecule has 158 valence electrons. The van der Waals surface area contributed by atoms with Crippen molar-refractivity contribution in [2.24, 2.45) is 0 Å². The van der Waals surface area contributed by atoms with Crippen LogP contribution in [0.1, 0.15) is 12.8 Å². The van der Waals surface area contributed by atoms with Gasteiger partial charge in [-0.2, -0.15) is 0 Å². The van der Waals surface area contributed by atoms with Crippen LogP contribution in [0.3, 0.4) is 0 Å². The summed E-state index contributed by atoms with van der Waals surface area (Å²) >= 11 is 13.7. The second-order valence-corrected chi connectivity index (χ2v) is 10.9. The van der Waals surface area contributed by atoms with Gasteiger partial charge in [0.05, 0.1) is 21.4 Å². The molecule has 0 unspecified atom stereocenters. The number of hydrogen-bond donors (Lipinski definition) is 0. The van der Waals surface area contributed by atoms with Crippen LogP contribution in [0, 0.1) is 0 Å². The van der Waals surface area contributed by atoms with Gasteiger partial charge in [-0.3, -0.25) is 4.57 Å². The minimum Gasteiger partial charge on any atom is -0.341 e. The molecule has 1 aliphatic rings. The van der Waals surface area contributed by atoms with E-state index in [2.05, 4.69) is 15.1 Å². The molecule has 2 heterocycles. The van der Waals surface area contributed by atoms with Gasteiger partial charge in [-0.05, 0) is 49.2 Å². The first-order chi connectivity index (χ1) is 14.5. The standard InChI is InChI=1S/C20H20Cl2N4O2S2/c21-15-7-9-16(10-8-15)30(27,28)14-13-29-20-24-23-19(25-11-3-4-12-25)26(20)18-6-2-1-5-17(18)22/h1-2,5-10H,3-4,11-14H2. The van der Waals surface area contributed by atoms with E-state index in [-0.39, 0.29) is 10.6 Å². The number of halogens is 2. The average molecular weight is 483 g/mol. The van der Waals surface area contributed by atoms with Crippen molar-refractivity contribution in [3.8, 4) is 5.69 Å². The average Bonchev–Trinajstić information content (AvgIpc) is 3.38. The second-order valence-electron chi connectivity index (χ2n) is 6.88. The summed E-state index contributed by atoms with van der Waals surface area (Å²) in [6.07, 6.45) is 2.22. The van der Waals surface area contributed by atoms with Gasteiger partial charge in [0, 0.05) is 23.9 Å². The van der Waals surface area contributed by atoms with Crippen molar-refractivity contribution in [3.63, 3.8) is 0 Å². The highest BCUT2D eigenvalue weighted by atomic mass is 35.5. The van der Waals surface area contributed by atoms with Gasteiger partial charge < -0.3 is 4.90 Å². The first-order valence-electron chi connectivity index (χ1n) is 9.52. The van der Waals surface area contributed by atoms with Crippen LogP contribution in [0.2, 0.25) is 10.0 Å². The molecule has 1 aliphatic heterocycles. The van der Waals surface area contributed by atoms with Crippen LogP contribution in [0.4, 0.5) is 5.95 Å². The van der Waals surface area contributed by atoms with Crippen LogP contribution < -0.4 is 4.90 Å². The van der Waals surface area contributed by atoms with Crippen LogP contribution in [0.15, 0.2) is 58.6 Å². The molecule has 0 aliphatic carbocycles. The van der Waals surface area contributed by atoms with Crippen molar-refractivity contribution in [2.75, 3.05) is 29.5 Å². The normalized spacial score (nSPS) is 14.4. The van der Waals surface area contributed by atoms with Gasteiger partial charge in [0.1, 0.15) is 0 Å². The molecule has 0 N–H and O–H groups in total. The van der Waals surface area contributed by atoms with E-state index in [9.17, 15) is 8.42 Å². The smallest absolute Gasteiger partial charge is 0.232 e. The van der Waals surface area contributed by atoms with Crippen LogP contribution in [-0.4, -0.2) is 47.8 Å². The molecule has 1 saturated heterocycles. The predicted molar refractivity (Wildman–Crippen MR) is 122 cm³/mol. The number of benzene rings is 2. The Balaban J connectivity index is 1.57. The number of para-hydroxylation sites is 1. The molecule has 3 aromatic rings. The summed E-state index contributed by atoms with van der Waals surface area (Å²) in [4.78, 5) is 2.45. The molecule has 10 heteroatoms. The molecule has 0 spiro atoms. The van der Waals surface area contributed by atoms with Crippen LogP contribution in [-0.2, 0) is 9.84 Å². The van der Waals surface area contributed by atoms with Gasteiger partial charge in [0.15, 0.2) is 15.0 Å². The van der Waals surface area contributed by atoms with Crippen molar-refractivity contribution < 1.29 is 8.42 Å². The zero-order valence-corrected chi connectivity index (χ0v) is 19.2. The third kappa shape index (κ3) is 4.61. The van der Waals surface area contributed by atoms with Crippen molar-refractivity contribution in [1.29, 1.82) is 0 Å². The first kappa shape index (κ1) is 21.5. The summed E-state index contributed by atoms with van der Waals surface area (Å²) in [5.74, 6) is 1.06. The monoisotopic (exact) mass is 482 g/mol. The summed E-state index contributed by atoms with van der Waals surface area (Å²) in [7, 11) is -3.42. The molecule has 0 atom stereocenters. The maximum Gasteiger partial charge on any atom is 0.232 e. The molecule has 2 aromatic carbocycles. The van der Waals surface area contributed by atoms with Gasteiger partial charge in [-0.15, -0.1) is 10.2 Å². The van der Waals surface area contributed by atoms with Crippen molar-refractivity contribution in [2.45, 2.75) is 22.9 Å². The number of rotatable bonds is 7. The highest BCUT2D eigenvalue weighted by Crippen LogP contribution is 2.32. The lowest BCUT2D eigenvalue weighted by Crippen LogP contribution is -2.22. The quantitative estimate of drug-likeness (QED) is 0.453. The van der Waals surface area contributed by atoms with E-state index >= 15 is 0 Å². The number of anilines is 1. The highest BCUT2D eigenvalue weighted by molar-refractivity contribution is 8.00. The molecule has 0 saturated carbocycles. The number of sulfone groups is 1. The van der Waals surface area contributed by atoms with Crippen LogP contribution >= 0.6 is 35.0 Å². The first-order valence-corrected chi connectivity index (χ1v) is 12.9. The Bertz CT molecular complexity index is 1130. The summed E-state index contributed by atoms with van der Waals surface area (Å²) in [5, 5.41) is 10.5. The fourth-order valence-electron chi connectivity index (χ4n) is 3.32. The molecular formula is C20H20Cl2N4O2S2. The van der Waals surface area contributed by atoms with Gasteiger partial charge in [0.25, 0.3) is 0 Å². The number of nitrogens with zero attached hydrogens (tertiary/aromatic N) is 4. The number of hydrogen-bond acceptors (Lipinski definition) is 6. The molecule has 6 nitrogen and oxygen atoms in total. The minimum absolute atomic E-state index is 0.0201. The fraction of sp³-hybridized carbons (Fsp3) is 0.300. The van der Waals surface area contributed by atoms with E-state index in [4.69, 9.17) is 23.2 Å². The largest absolute Gasteiger partial charge is 0.341 e. The molecule has 30 heavy (non-hydrogen) atoms. The number of aromatic nitrogens is 3. The predicted octanol–water partition coefficient (Wildman–Crippen LogP) is 4.74. The lowest BCUT2D eigenvalue weighted by molar-refractivity contribution is 0.597. The van der Waals surface area contributed by atoms with E-state index in [1.54, 1.807) is 12.1 Å². The SMILES string of the molecule is O=S(=O)(CCSc1nnc(N2CCCC2)n1-c1ccccc1Cl)c1ccc(Cl)cc1. The van der Waals surface area contributed by atoms with Crippen molar-refractivity contribution in [3.05, 3.63) is 58.6 Å². The molecule has 0 radical (unpaired) electrons. The Morgan fingerprint density at radius 2 is 1.67 bits per heavy atom. The maximum absolute atomic E-state index is 12.6. The fourth-order valence-corrected chi connectivity index (χ4v) is 6.26. The topological polar surface area (TPSA) is 68.1 Å². The van der Waals surface area contributed by atoms with Crippen molar-refractivity contribution >= 4 is 50.7 Å². The lowest BCUT2D eigenvalue weighted by atomic mass is 10.3. The molecule has 4 rings (SSSR count). The van der Waals surface area contributed by atoms with Gasteiger partial charge in [-0.1, -0.05) is 47.1 Å². The summed E-state index contributed by atoms with van der Waals surface area (Å²) in [6.45, 7) is 1.83. The van der Waals surface area contributed by atoms with E-state index in [0.29, 0.717) is 21.0 Å². The lowest BCUT2D eigenvalue weighted by Gasteiger charge is -2.19. The van der Waals surface area contributed by atoms with Gasteiger partial charge in [0.2, 0.25) is 5.95 Å². The van der Waals surface area contributed by atoms with Crippen molar-refractivity contribution in [1.82, 2.24) is 14.8 Å². The van der Waals surface area contributed by atoms with E-state index in [1.807, 2.05) is 28.8 Å². The minimum atomic E-state index is -3.42. The Morgan fingerprint density at radius 3 is 2.37 bits per heavy atom. The highest BCUT2D eigenvalue weighted by Gasteiger charge is 2.24. The summed E-state index contributed by atoms with van der Waals surface area (Å²) in [6, 6.07) is 13.7. The van der Waals surface area contributed by atoms with E-state index in [0.717, 1.165) is 37.6 Å². The molecule has 0 amide bonds. The third-order valence-corrected chi connectivity index (χ3v) is 8.35. The molecule has 1 fully saturated rings. The zero-order valence-electron chi connectivity index (χ0n) is 16.0. The molecular weight excluding hydrogens is 463 g/mol. The van der Waals surface area contributed by atoms with Crippen LogP contribution in [0.25, 0.3) is 5.69 Å². The Morgan fingerprint density at radius 1 is 0.967 bits per heavy atom. The molecule has 1 aromatic heterocycles. The Labute approximate surface area is 190 Å². The Hall–Kier alpha value is -1.74. The second kappa shape index (κ2) is 9.18.